The highest BCUT2D eigenvalue weighted by Crippen LogP contribution is 2.28. The molecule has 0 fully saturated rings. The summed E-state index contributed by atoms with van der Waals surface area (Å²) in [6, 6.07) is 8.79. The Kier molecular flexibility index (Phi) is 8.21. The van der Waals surface area contributed by atoms with E-state index in [-0.39, 0.29) is 24.0 Å². The van der Waals surface area contributed by atoms with Crippen molar-refractivity contribution >= 4 is 23.3 Å². The summed E-state index contributed by atoms with van der Waals surface area (Å²) in [6.07, 6.45) is 2.33. The van der Waals surface area contributed by atoms with Gasteiger partial charge in [0.1, 0.15) is 11.8 Å². The normalized spacial score (nSPS) is 13.0. The predicted molar refractivity (Wildman–Crippen MR) is 122 cm³/mol. The minimum Gasteiger partial charge on any atom is -0.454 e. The minimum atomic E-state index is -0.962. The zero-order valence-electron chi connectivity index (χ0n) is 18.3. The van der Waals surface area contributed by atoms with Gasteiger partial charge in [-0.05, 0) is 24.5 Å². The van der Waals surface area contributed by atoms with Crippen LogP contribution in [0.2, 0.25) is 5.02 Å². The Bertz CT molecular complexity index is 1150. The maximum atomic E-state index is 13.0. The van der Waals surface area contributed by atoms with Gasteiger partial charge in [-0.25, -0.2) is 4.68 Å². The molecular formula is C22H26ClN5O5. The van der Waals surface area contributed by atoms with Crippen LogP contribution >= 0.6 is 11.6 Å². The Morgan fingerprint density at radius 1 is 1.27 bits per heavy atom. The zero-order chi connectivity index (χ0) is 24.0. The highest BCUT2D eigenvalue weighted by molar-refractivity contribution is 6.32. The lowest BCUT2D eigenvalue weighted by Gasteiger charge is -2.19. The first kappa shape index (κ1) is 24.4. The minimum absolute atomic E-state index is 0.0791. The molecule has 3 N–H and O–H groups in total. The van der Waals surface area contributed by atoms with Crippen LogP contribution in [0.25, 0.3) is 0 Å². The number of nitrogens with one attached hydrogen (secondary N) is 1. The SMILES string of the molecule is CC(C)CC(C(=O)Nc1ccn(C[C@@H](O)CO)n1)n1ncc(Oc2ccccc2Cl)cc1=O. The quantitative estimate of drug-likeness (QED) is 0.410. The molecule has 0 radical (unpaired) electrons. The Hall–Kier alpha value is -3.21. The number of anilines is 1. The highest BCUT2D eigenvalue weighted by Gasteiger charge is 2.25. The number of para-hydroxylation sites is 1. The summed E-state index contributed by atoms with van der Waals surface area (Å²) in [5, 5.41) is 29.9. The summed E-state index contributed by atoms with van der Waals surface area (Å²) >= 11 is 6.09. The van der Waals surface area contributed by atoms with Crippen LogP contribution in [0.3, 0.4) is 0 Å². The predicted octanol–water partition coefficient (Wildman–Crippen LogP) is 2.46. The molecule has 2 atom stereocenters. The van der Waals surface area contributed by atoms with E-state index < -0.39 is 30.2 Å². The number of aromatic nitrogens is 4. The fourth-order valence-electron chi connectivity index (χ4n) is 3.12. The molecule has 0 bridgehead atoms. The Morgan fingerprint density at radius 2 is 2.03 bits per heavy atom. The van der Waals surface area contributed by atoms with E-state index in [4.69, 9.17) is 21.4 Å². The average molecular weight is 476 g/mol. The number of hydrogen-bond acceptors (Lipinski definition) is 7. The number of carbonyl (C=O) groups excluding carboxylic acids is 1. The molecule has 3 aromatic rings. The molecule has 1 unspecified atom stereocenters. The number of nitrogens with zero attached hydrogens (tertiary/aromatic N) is 4. The molecule has 1 aromatic carbocycles. The first-order chi connectivity index (χ1) is 15.8. The molecule has 0 spiro atoms. The van der Waals surface area contributed by atoms with Crippen molar-refractivity contribution in [3.63, 3.8) is 0 Å². The zero-order valence-corrected chi connectivity index (χ0v) is 19.0. The van der Waals surface area contributed by atoms with Crippen LogP contribution in [0.4, 0.5) is 5.82 Å². The molecule has 1 amide bonds. The molecule has 0 aliphatic carbocycles. The Morgan fingerprint density at radius 3 is 2.70 bits per heavy atom. The third kappa shape index (κ3) is 6.64. The van der Waals surface area contributed by atoms with E-state index in [1.54, 1.807) is 36.5 Å². The molecule has 176 valence electrons. The molecule has 2 heterocycles. The second-order valence-electron chi connectivity index (χ2n) is 7.90. The monoisotopic (exact) mass is 475 g/mol. The van der Waals surface area contributed by atoms with E-state index in [1.165, 1.54) is 16.9 Å². The number of carbonyl (C=O) groups is 1. The molecule has 2 aromatic heterocycles. The smallest absolute Gasteiger partial charge is 0.271 e. The van der Waals surface area contributed by atoms with Gasteiger partial charge >= 0.3 is 0 Å². The number of rotatable bonds is 10. The summed E-state index contributed by atoms with van der Waals surface area (Å²) in [7, 11) is 0. The van der Waals surface area contributed by atoms with Crippen molar-refractivity contribution in [3.05, 3.63) is 64.2 Å². The van der Waals surface area contributed by atoms with Crippen molar-refractivity contribution in [2.45, 2.75) is 39.0 Å². The van der Waals surface area contributed by atoms with Crippen LogP contribution in [-0.2, 0) is 11.3 Å². The first-order valence-corrected chi connectivity index (χ1v) is 10.8. The maximum absolute atomic E-state index is 13.0. The van der Waals surface area contributed by atoms with E-state index >= 15 is 0 Å². The lowest BCUT2D eigenvalue weighted by atomic mass is 10.0. The maximum Gasteiger partial charge on any atom is 0.271 e. The molecule has 11 heteroatoms. The molecule has 0 saturated heterocycles. The summed E-state index contributed by atoms with van der Waals surface area (Å²) in [4.78, 5) is 25.8. The lowest BCUT2D eigenvalue weighted by molar-refractivity contribution is -0.120. The summed E-state index contributed by atoms with van der Waals surface area (Å²) < 4.78 is 8.16. The molecular weight excluding hydrogens is 450 g/mol. The van der Waals surface area contributed by atoms with Gasteiger partial charge in [0.05, 0.1) is 30.5 Å². The van der Waals surface area contributed by atoms with Gasteiger partial charge in [-0.3, -0.25) is 14.3 Å². The van der Waals surface area contributed by atoms with E-state index in [1.807, 2.05) is 13.8 Å². The number of aliphatic hydroxyl groups is 2. The van der Waals surface area contributed by atoms with Gasteiger partial charge in [-0.1, -0.05) is 37.6 Å². The highest BCUT2D eigenvalue weighted by atomic mass is 35.5. The number of benzene rings is 1. The van der Waals surface area contributed by atoms with Crippen molar-refractivity contribution in [1.82, 2.24) is 19.6 Å². The van der Waals surface area contributed by atoms with E-state index in [0.717, 1.165) is 4.68 Å². The second kappa shape index (κ2) is 11.1. The van der Waals surface area contributed by atoms with Crippen LogP contribution in [0.1, 0.15) is 26.3 Å². The van der Waals surface area contributed by atoms with Crippen LogP contribution < -0.4 is 15.6 Å². The fourth-order valence-corrected chi connectivity index (χ4v) is 3.30. The van der Waals surface area contributed by atoms with Crippen LogP contribution in [0.15, 0.2) is 53.6 Å². The van der Waals surface area contributed by atoms with E-state index in [2.05, 4.69) is 15.5 Å². The van der Waals surface area contributed by atoms with Gasteiger partial charge in [-0.2, -0.15) is 10.2 Å². The molecule has 0 aliphatic rings. The van der Waals surface area contributed by atoms with Crippen LogP contribution in [0, 0.1) is 5.92 Å². The van der Waals surface area contributed by atoms with Crippen LogP contribution in [0.5, 0.6) is 11.5 Å². The van der Waals surface area contributed by atoms with Gasteiger partial charge in [0.15, 0.2) is 11.6 Å². The van der Waals surface area contributed by atoms with Crippen molar-refractivity contribution in [2.24, 2.45) is 5.92 Å². The first-order valence-electron chi connectivity index (χ1n) is 10.4. The molecule has 3 rings (SSSR count). The summed E-state index contributed by atoms with van der Waals surface area (Å²) in [5.74, 6) is 0.494. The third-order valence-corrected chi connectivity index (χ3v) is 4.97. The molecule has 0 aliphatic heterocycles. The van der Waals surface area contributed by atoms with Crippen molar-refractivity contribution < 1.29 is 19.7 Å². The number of hydrogen-bond donors (Lipinski definition) is 3. The van der Waals surface area contributed by atoms with Crippen molar-refractivity contribution in [2.75, 3.05) is 11.9 Å². The fraction of sp³-hybridized carbons (Fsp3) is 0.364. The summed E-state index contributed by atoms with van der Waals surface area (Å²) in [5.41, 5.74) is -0.503. The van der Waals surface area contributed by atoms with E-state index in [9.17, 15) is 14.7 Å². The molecule has 10 nitrogen and oxygen atoms in total. The second-order valence-corrected chi connectivity index (χ2v) is 8.31. The standard InChI is InChI=1S/C22H26ClN5O5/c1-14(2)9-18(22(32)25-20-7-8-27(26-20)12-15(30)13-29)28-21(31)10-16(11-24-28)33-19-6-4-3-5-17(19)23/h3-8,10-11,14-15,18,29-30H,9,12-13H2,1-2H3,(H,25,26,32)/t15-,18?/m1/s1. The number of halogens is 1. The van der Waals surface area contributed by atoms with Gasteiger partial charge < -0.3 is 20.3 Å². The third-order valence-electron chi connectivity index (χ3n) is 4.66. The number of aliphatic hydroxyl groups excluding tert-OH is 2. The number of ether oxygens (including phenoxy) is 1. The van der Waals surface area contributed by atoms with Gasteiger partial charge in [0.2, 0.25) is 0 Å². The van der Waals surface area contributed by atoms with Gasteiger partial charge in [0.25, 0.3) is 11.5 Å². The topological polar surface area (TPSA) is 132 Å². The molecule has 0 saturated carbocycles. The van der Waals surface area contributed by atoms with Gasteiger partial charge in [-0.15, -0.1) is 0 Å². The van der Waals surface area contributed by atoms with Gasteiger partial charge in [0, 0.05) is 18.3 Å². The van der Waals surface area contributed by atoms with Crippen molar-refractivity contribution in [1.29, 1.82) is 0 Å². The lowest BCUT2D eigenvalue weighted by Crippen LogP contribution is -2.35. The van der Waals surface area contributed by atoms with Crippen LogP contribution in [-0.4, -0.2) is 48.4 Å². The Balaban J connectivity index is 1.78. The van der Waals surface area contributed by atoms with E-state index in [0.29, 0.717) is 17.2 Å². The van der Waals surface area contributed by atoms with Crippen molar-refractivity contribution in [3.8, 4) is 11.5 Å². The Labute approximate surface area is 195 Å². The largest absolute Gasteiger partial charge is 0.454 e. The number of amides is 1. The average Bonchev–Trinajstić information content (AvgIpc) is 3.20. The molecule has 33 heavy (non-hydrogen) atoms. The summed E-state index contributed by atoms with van der Waals surface area (Å²) in [6.45, 7) is 3.55.